The van der Waals surface area contributed by atoms with Gasteiger partial charge in [0, 0.05) is 41.7 Å². The zero-order valence-corrected chi connectivity index (χ0v) is 18.7. The minimum Gasteiger partial charge on any atom is -0.492 e. The highest BCUT2D eigenvalue weighted by Crippen LogP contribution is 2.28. The van der Waals surface area contributed by atoms with Crippen molar-refractivity contribution in [2.45, 2.75) is 17.7 Å². The SMILES string of the molecule is CN/C(=C\C=N)c1cc(NC(=O)CSc2ccccc2)ccc1OCCN1CCCC1. The van der Waals surface area contributed by atoms with E-state index in [1.807, 2.05) is 55.6 Å². The summed E-state index contributed by atoms with van der Waals surface area (Å²) in [5.41, 5.74) is 2.29. The number of anilines is 1. The number of hydrogen-bond acceptors (Lipinski definition) is 6. The average molecular weight is 439 g/mol. The van der Waals surface area contributed by atoms with E-state index in [1.54, 1.807) is 6.08 Å². The van der Waals surface area contributed by atoms with Gasteiger partial charge in [0.15, 0.2) is 0 Å². The fraction of sp³-hybridized carbons (Fsp3) is 0.333. The third-order valence-electron chi connectivity index (χ3n) is 5.05. The van der Waals surface area contributed by atoms with Gasteiger partial charge in [0.05, 0.1) is 5.75 Å². The summed E-state index contributed by atoms with van der Waals surface area (Å²) in [6.45, 7) is 3.78. The number of carbonyl (C=O) groups excluding carboxylic acids is 1. The molecule has 164 valence electrons. The molecule has 2 aromatic carbocycles. The number of thioether (sulfide) groups is 1. The van der Waals surface area contributed by atoms with Crippen LogP contribution in [0.1, 0.15) is 18.4 Å². The number of benzene rings is 2. The molecule has 0 aromatic heterocycles. The molecular weight excluding hydrogens is 408 g/mol. The van der Waals surface area contributed by atoms with Gasteiger partial charge in [0.25, 0.3) is 0 Å². The Kier molecular flexibility index (Phi) is 8.99. The van der Waals surface area contributed by atoms with E-state index < -0.39 is 0 Å². The van der Waals surface area contributed by atoms with Gasteiger partial charge in [0.2, 0.25) is 5.91 Å². The van der Waals surface area contributed by atoms with Crippen LogP contribution in [-0.4, -0.2) is 56.1 Å². The lowest BCUT2D eigenvalue weighted by Gasteiger charge is -2.18. The van der Waals surface area contributed by atoms with Crippen molar-refractivity contribution < 1.29 is 9.53 Å². The summed E-state index contributed by atoms with van der Waals surface area (Å²) in [5.74, 6) is 1.01. The molecule has 0 atom stereocenters. The Labute approximate surface area is 188 Å². The lowest BCUT2D eigenvalue weighted by Crippen LogP contribution is -2.25. The van der Waals surface area contributed by atoms with E-state index in [0.717, 1.165) is 41.5 Å². The Morgan fingerprint density at radius 1 is 1.19 bits per heavy atom. The third kappa shape index (κ3) is 7.15. The first-order valence-corrected chi connectivity index (χ1v) is 11.5. The van der Waals surface area contributed by atoms with Crippen LogP contribution >= 0.6 is 11.8 Å². The highest BCUT2D eigenvalue weighted by molar-refractivity contribution is 8.00. The van der Waals surface area contributed by atoms with Crippen LogP contribution in [0.15, 0.2) is 59.5 Å². The normalized spacial score (nSPS) is 14.3. The summed E-state index contributed by atoms with van der Waals surface area (Å²) in [5, 5.41) is 13.5. The lowest BCUT2D eigenvalue weighted by molar-refractivity contribution is -0.113. The molecule has 1 heterocycles. The molecule has 1 aliphatic rings. The Hall–Kier alpha value is -2.77. The van der Waals surface area contributed by atoms with Crippen LogP contribution in [0.4, 0.5) is 5.69 Å². The molecule has 1 amide bonds. The number of ether oxygens (including phenoxy) is 1. The molecule has 1 fully saturated rings. The van der Waals surface area contributed by atoms with Crippen LogP contribution < -0.4 is 15.4 Å². The van der Waals surface area contributed by atoms with E-state index in [1.165, 1.54) is 30.8 Å². The molecule has 0 radical (unpaired) electrons. The van der Waals surface area contributed by atoms with E-state index in [2.05, 4.69) is 15.5 Å². The van der Waals surface area contributed by atoms with Gasteiger partial charge in [-0.2, -0.15) is 0 Å². The Balaban J connectivity index is 1.66. The molecule has 0 bridgehead atoms. The number of allylic oxidation sites excluding steroid dienone is 1. The third-order valence-corrected chi connectivity index (χ3v) is 6.06. The molecule has 0 unspecified atom stereocenters. The van der Waals surface area contributed by atoms with Gasteiger partial charge in [-0.3, -0.25) is 9.69 Å². The molecule has 3 rings (SSSR count). The first-order chi connectivity index (χ1) is 15.2. The maximum atomic E-state index is 12.4. The second-order valence-electron chi connectivity index (χ2n) is 7.26. The number of likely N-dealkylation sites (tertiary alicyclic amines) is 1. The largest absolute Gasteiger partial charge is 0.492 e. The monoisotopic (exact) mass is 438 g/mol. The van der Waals surface area contributed by atoms with Crippen LogP contribution in [0.25, 0.3) is 5.70 Å². The van der Waals surface area contributed by atoms with Crippen molar-refractivity contribution in [3.8, 4) is 5.75 Å². The van der Waals surface area contributed by atoms with Crippen molar-refractivity contribution in [3.63, 3.8) is 0 Å². The second-order valence-corrected chi connectivity index (χ2v) is 8.30. The van der Waals surface area contributed by atoms with Gasteiger partial charge < -0.3 is 20.8 Å². The number of nitrogens with one attached hydrogen (secondary N) is 3. The minimum absolute atomic E-state index is 0.0652. The predicted octanol–water partition coefficient (Wildman–Crippen LogP) is 4.10. The van der Waals surface area contributed by atoms with E-state index >= 15 is 0 Å². The summed E-state index contributed by atoms with van der Waals surface area (Å²) in [7, 11) is 1.81. The Bertz CT molecular complexity index is 896. The van der Waals surface area contributed by atoms with Crippen molar-refractivity contribution in [3.05, 3.63) is 60.2 Å². The van der Waals surface area contributed by atoms with Crippen LogP contribution in [0.2, 0.25) is 0 Å². The molecule has 31 heavy (non-hydrogen) atoms. The Morgan fingerprint density at radius 3 is 2.68 bits per heavy atom. The van der Waals surface area contributed by atoms with Crippen LogP contribution in [0.3, 0.4) is 0 Å². The maximum absolute atomic E-state index is 12.4. The second kappa shape index (κ2) is 12.2. The molecule has 1 aliphatic heterocycles. The first kappa shape index (κ1) is 22.9. The summed E-state index contributed by atoms with van der Waals surface area (Å²) >= 11 is 1.50. The fourth-order valence-electron chi connectivity index (χ4n) is 3.49. The van der Waals surface area contributed by atoms with Gasteiger partial charge in [-0.25, -0.2) is 0 Å². The average Bonchev–Trinajstić information content (AvgIpc) is 3.31. The molecule has 7 heteroatoms. The molecule has 0 saturated carbocycles. The van der Waals surface area contributed by atoms with Crippen molar-refractivity contribution in [2.24, 2.45) is 0 Å². The highest BCUT2D eigenvalue weighted by Gasteiger charge is 2.14. The highest BCUT2D eigenvalue weighted by atomic mass is 32.2. The van der Waals surface area contributed by atoms with Gasteiger partial charge >= 0.3 is 0 Å². The maximum Gasteiger partial charge on any atom is 0.234 e. The van der Waals surface area contributed by atoms with Crippen molar-refractivity contribution >= 4 is 35.3 Å². The van der Waals surface area contributed by atoms with Gasteiger partial charge in [-0.1, -0.05) is 18.2 Å². The summed E-state index contributed by atoms with van der Waals surface area (Å²) in [6, 6.07) is 15.5. The van der Waals surface area contributed by atoms with Crippen molar-refractivity contribution in [1.82, 2.24) is 10.2 Å². The molecule has 0 spiro atoms. The summed E-state index contributed by atoms with van der Waals surface area (Å²) in [4.78, 5) is 15.9. The van der Waals surface area contributed by atoms with Crippen molar-refractivity contribution in [1.29, 1.82) is 5.41 Å². The van der Waals surface area contributed by atoms with E-state index in [-0.39, 0.29) is 5.91 Å². The smallest absolute Gasteiger partial charge is 0.234 e. The molecule has 6 nitrogen and oxygen atoms in total. The zero-order valence-electron chi connectivity index (χ0n) is 17.9. The quantitative estimate of drug-likeness (QED) is 0.364. The molecule has 0 aliphatic carbocycles. The van der Waals surface area contributed by atoms with Gasteiger partial charge in [-0.15, -0.1) is 11.8 Å². The fourth-order valence-corrected chi connectivity index (χ4v) is 4.21. The van der Waals surface area contributed by atoms with E-state index in [9.17, 15) is 4.79 Å². The standard InChI is InChI=1S/C24H30N4O2S/c1-26-22(11-12-25)21-17-19(27-24(29)18-31-20-7-3-2-4-8-20)9-10-23(21)30-16-15-28-13-5-6-14-28/h2-4,7-12,17,25-26H,5-6,13-16,18H2,1H3,(H,27,29)/b22-11-,25-12?. The molecule has 1 saturated heterocycles. The number of nitrogens with zero attached hydrogens (tertiary/aromatic N) is 1. The topological polar surface area (TPSA) is 77.5 Å². The van der Waals surface area contributed by atoms with Gasteiger partial charge in [0.1, 0.15) is 12.4 Å². The van der Waals surface area contributed by atoms with Crippen LogP contribution in [0.5, 0.6) is 5.75 Å². The van der Waals surface area contributed by atoms with Crippen LogP contribution in [-0.2, 0) is 4.79 Å². The van der Waals surface area contributed by atoms with E-state index in [0.29, 0.717) is 18.0 Å². The summed E-state index contributed by atoms with van der Waals surface area (Å²) in [6.07, 6.45) is 5.43. The lowest BCUT2D eigenvalue weighted by atomic mass is 10.1. The van der Waals surface area contributed by atoms with Crippen LogP contribution in [0, 0.1) is 5.41 Å². The molecule has 2 aromatic rings. The Morgan fingerprint density at radius 2 is 1.97 bits per heavy atom. The first-order valence-electron chi connectivity index (χ1n) is 10.6. The molecular formula is C24H30N4O2S. The number of amides is 1. The number of rotatable bonds is 11. The molecule has 3 N–H and O–H groups in total. The van der Waals surface area contributed by atoms with Crippen molar-refractivity contribution in [2.75, 3.05) is 44.4 Å². The zero-order chi connectivity index (χ0) is 21.9. The van der Waals surface area contributed by atoms with E-state index in [4.69, 9.17) is 10.1 Å². The predicted molar refractivity (Wildman–Crippen MR) is 129 cm³/mol. The minimum atomic E-state index is -0.0652. The summed E-state index contributed by atoms with van der Waals surface area (Å²) < 4.78 is 6.08. The number of carbonyl (C=O) groups is 1. The van der Waals surface area contributed by atoms with Gasteiger partial charge in [-0.05, 0) is 62.3 Å². The number of hydrogen-bond donors (Lipinski definition) is 3.